The molecule has 1 aliphatic heterocycles. The van der Waals surface area contributed by atoms with Crippen molar-refractivity contribution in [3.05, 3.63) is 59.5 Å². The van der Waals surface area contributed by atoms with Gasteiger partial charge in [-0.05, 0) is 49.4 Å². The van der Waals surface area contributed by atoms with Gasteiger partial charge in [-0.15, -0.1) is 0 Å². The van der Waals surface area contributed by atoms with E-state index in [0.717, 1.165) is 49.8 Å². The highest BCUT2D eigenvalue weighted by Gasteiger charge is 2.57. The fraction of sp³-hybridized carbons (Fsp3) is 0.520. The lowest BCUT2D eigenvalue weighted by molar-refractivity contribution is -0.127. The predicted molar refractivity (Wildman–Crippen MR) is 114 cm³/mol. The summed E-state index contributed by atoms with van der Waals surface area (Å²) in [5.74, 6) is 0.558. The average Bonchev–Trinajstić information content (AvgIpc) is 3.46. The standard InChI is InChI=1S/C25H30N2O3/c28-23(26-17-19-11-8-16-30-19)22-20-12-4-5-13-21(20)24(29)27(18-9-2-1-3-10-18)25(22)14-6-7-15-25/h4-5,8,11-13,16,18,22H,1-3,6-7,9-10,14-15,17H2,(H,26,28)/t22-/m1/s1. The van der Waals surface area contributed by atoms with E-state index in [1.165, 1.54) is 19.3 Å². The van der Waals surface area contributed by atoms with Crippen molar-refractivity contribution in [1.29, 1.82) is 0 Å². The van der Waals surface area contributed by atoms with Crippen LogP contribution in [0.3, 0.4) is 0 Å². The molecule has 0 unspecified atom stereocenters. The van der Waals surface area contributed by atoms with E-state index in [1.807, 2.05) is 36.4 Å². The van der Waals surface area contributed by atoms with Crippen LogP contribution in [0.2, 0.25) is 0 Å². The highest BCUT2D eigenvalue weighted by molar-refractivity contribution is 6.02. The summed E-state index contributed by atoms with van der Waals surface area (Å²) in [4.78, 5) is 29.6. The van der Waals surface area contributed by atoms with Crippen LogP contribution in [0, 0.1) is 0 Å². The van der Waals surface area contributed by atoms with E-state index in [1.54, 1.807) is 6.26 Å². The average molecular weight is 407 g/mol. The summed E-state index contributed by atoms with van der Waals surface area (Å²) in [6, 6.07) is 11.7. The third-order valence-electron chi connectivity index (χ3n) is 7.43. The maximum absolute atomic E-state index is 13.8. The summed E-state index contributed by atoms with van der Waals surface area (Å²) in [6.07, 6.45) is 11.3. The Morgan fingerprint density at radius 2 is 1.80 bits per heavy atom. The zero-order valence-electron chi connectivity index (χ0n) is 17.4. The van der Waals surface area contributed by atoms with Crippen LogP contribution in [0.1, 0.15) is 85.4 Å². The van der Waals surface area contributed by atoms with E-state index in [4.69, 9.17) is 4.42 Å². The molecule has 5 heteroatoms. The third-order valence-corrected chi connectivity index (χ3v) is 7.43. The first-order chi connectivity index (χ1) is 14.7. The Kier molecular flexibility index (Phi) is 5.13. The number of benzene rings is 1. The van der Waals surface area contributed by atoms with Crippen molar-refractivity contribution in [1.82, 2.24) is 10.2 Å². The van der Waals surface area contributed by atoms with E-state index < -0.39 is 5.54 Å². The highest BCUT2D eigenvalue weighted by Crippen LogP contribution is 2.52. The fourth-order valence-corrected chi connectivity index (χ4v) is 6.16. The van der Waals surface area contributed by atoms with Crippen molar-refractivity contribution in [2.45, 2.75) is 81.8 Å². The maximum atomic E-state index is 13.8. The summed E-state index contributed by atoms with van der Waals surface area (Å²) in [6.45, 7) is 0.373. The van der Waals surface area contributed by atoms with Gasteiger partial charge < -0.3 is 14.6 Å². The van der Waals surface area contributed by atoms with Crippen molar-refractivity contribution < 1.29 is 14.0 Å². The van der Waals surface area contributed by atoms with Crippen LogP contribution >= 0.6 is 0 Å². The summed E-state index contributed by atoms with van der Waals surface area (Å²) in [7, 11) is 0. The van der Waals surface area contributed by atoms with Gasteiger partial charge >= 0.3 is 0 Å². The van der Waals surface area contributed by atoms with Gasteiger partial charge in [0.15, 0.2) is 0 Å². The van der Waals surface area contributed by atoms with E-state index in [9.17, 15) is 9.59 Å². The molecule has 1 aromatic heterocycles. The first-order valence-corrected chi connectivity index (χ1v) is 11.4. The molecule has 0 bridgehead atoms. The van der Waals surface area contributed by atoms with E-state index in [2.05, 4.69) is 10.2 Å². The second-order valence-corrected chi connectivity index (χ2v) is 9.10. The van der Waals surface area contributed by atoms with Crippen LogP contribution in [0.4, 0.5) is 0 Å². The Morgan fingerprint density at radius 3 is 2.53 bits per heavy atom. The first kappa shape index (κ1) is 19.4. The molecule has 5 rings (SSSR count). The van der Waals surface area contributed by atoms with Crippen molar-refractivity contribution >= 4 is 11.8 Å². The number of nitrogens with one attached hydrogen (secondary N) is 1. The molecule has 1 N–H and O–H groups in total. The monoisotopic (exact) mass is 406 g/mol. The Bertz CT molecular complexity index is 908. The largest absolute Gasteiger partial charge is 0.467 e. The number of furan rings is 1. The third kappa shape index (κ3) is 3.15. The van der Waals surface area contributed by atoms with Crippen molar-refractivity contribution in [2.24, 2.45) is 0 Å². The number of carbonyl (C=O) groups is 2. The van der Waals surface area contributed by atoms with Gasteiger partial charge in [0.05, 0.1) is 24.3 Å². The van der Waals surface area contributed by atoms with Gasteiger partial charge in [-0.1, -0.05) is 50.3 Å². The second-order valence-electron chi connectivity index (χ2n) is 9.10. The van der Waals surface area contributed by atoms with Gasteiger partial charge in [-0.2, -0.15) is 0 Å². The molecule has 2 saturated carbocycles. The normalized spacial score (nSPS) is 23.5. The number of amides is 2. The maximum Gasteiger partial charge on any atom is 0.254 e. The lowest BCUT2D eigenvalue weighted by Crippen LogP contribution is -2.63. The molecule has 2 heterocycles. The first-order valence-electron chi connectivity index (χ1n) is 11.4. The van der Waals surface area contributed by atoms with Crippen LogP contribution in [0.15, 0.2) is 47.1 Å². The summed E-state index contributed by atoms with van der Waals surface area (Å²) >= 11 is 0. The van der Waals surface area contributed by atoms with Crippen molar-refractivity contribution in [2.75, 3.05) is 0 Å². The Hall–Kier alpha value is -2.56. The molecule has 0 radical (unpaired) electrons. The van der Waals surface area contributed by atoms with Crippen LogP contribution in [0.5, 0.6) is 0 Å². The van der Waals surface area contributed by atoms with Crippen molar-refractivity contribution in [3.8, 4) is 0 Å². The molecule has 2 amide bonds. The number of hydrogen-bond acceptors (Lipinski definition) is 3. The molecular weight excluding hydrogens is 376 g/mol. The van der Waals surface area contributed by atoms with Crippen LogP contribution < -0.4 is 5.32 Å². The molecule has 158 valence electrons. The fourth-order valence-electron chi connectivity index (χ4n) is 6.16. The SMILES string of the molecule is O=C(NCc1ccco1)[C@H]1c2ccccc2C(=O)N(C2CCCCC2)C12CCCC2. The van der Waals surface area contributed by atoms with Crippen LogP contribution in [-0.4, -0.2) is 28.3 Å². The summed E-state index contributed by atoms with van der Waals surface area (Å²) in [5.41, 5.74) is 1.20. The minimum absolute atomic E-state index is 0.00839. The van der Waals surface area contributed by atoms with Gasteiger partial charge in [0.2, 0.25) is 5.91 Å². The number of fused-ring (bicyclic) bond motifs is 1. The summed E-state index contributed by atoms with van der Waals surface area (Å²) in [5, 5.41) is 3.11. The molecule has 30 heavy (non-hydrogen) atoms. The summed E-state index contributed by atoms with van der Waals surface area (Å²) < 4.78 is 5.41. The van der Waals surface area contributed by atoms with E-state index in [0.29, 0.717) is 12.1 Å². The number of carbonyl (C=O) groups excluding carboxylic acids is 2. The van der Waals surface area contributed by atoms with Crippen LogP contribution in [-0.2, 0) is 11.3 Å². The highest BCUT2D eigenvalue weighted by atomic mass is 16.3. The molecule has 2 aliphatic carbocycles. The molecule has 2 fully saturated rings. The number of hydrogen-bond donors (Lipinski definition) is 1. The Morgan fingerprint density at radius 1 is 1.03 bits per heavy atom. The Balaban J connectivity index is 1.56. The molecule has 1 atom stereocenters. The zero-order chi connectivity index (χ0) is 20.6. The zero-order valence-corrected chi connectivity index (χ0v) is 17.4. The quantitative estimate of drug-likeness (QED) is 0.795. The molecular formula is C25H30N2O3. The predicted octanol–water partition coefficient (Wildman–Crippen LogP) is 4.78. The molecule has 0 saturated heterocycles. The van der Waals surface area contributed by atoms with Gasteiger partial charge in [0.1, 0.15) is 5.76 Å². The number of rotatable bonds is 4. The van der Waals surface area contributed by atoms with Gasteiger partial charge in [-0.25, -0.2) is 0 Å². The lowest BCUT2D eigenvalue weighted by Gasteiger charge is -2.53. The molecule has 3 aliphatic rings. The van der Waals surface area contributed by atoms with Gasteiger partial charge in [0.25, 0.3) is 5.91 Å². The molecule has 1 spiro atoms. The lowest BCUT2D eigenvalue weighted by atomic mass is 9.69. The molecule has 2 aromatic rings. The smallest absolute Gasteiger partial charge is 0.254 e. The Labute approximate surface area is 177 Å². The number of nitrogens with zero attached hydrogens (tertiary/aromatic N) is 1. The van der Waals surface area contributed by atoms with E-state index in [-0.39, 0.29) is 23.8 Å². The second kappa shape index (κ2) is 7.93. The molecule has 1 aromatic carbocycles. The van der Waals surface area contributed by atoms with E-state index >= 15 is 0 Å². The van der Waals surface area contributed by atoms with Gasteiger partial charge in [-0.3, -0.25) is 9.59 Å². The van der Waals surface area contributed by atoms with Crippen molar-refractivity contribution in [3.63, 3.8) is 0 Å². The minimum Gasteiger partial charge on any atom is -0.467 e. The van der Waals surface area contributed by atoms with Gasteiger partial charge in [0, 0.05) is 11.6 Å². The topological polar surface area (TPSA) is 62.6 Å². The molecule has 5 nitrogen and oxygen atoms in total. The minimum atomic E-state index is -0.402. The van der Waals surface area contributed by atoms with Crippen LogP contribution in [0.25, 0.3) is 0 Å².